The zero-order chi connectivity index (χ0) is 19.0. The fourth-order valence-corrected chi connectivity index (χ4v) is 1.91. The number of rotatable bonds is 4. The van der Waals surface area contributed by atoms with Gasteiger partial charge in [-0.3, -0.25) is 4.99 Å². The molecule has 0 atom stereocenters. The molecule has 2 rings (SSSR count). The molecule has 1 heterocycles. The van der Waals surface area contributed by atoms with Crippen LogP contribution < -0.4 is 4.74 Å². The molecule has 136 valence electrons. The highest BCUT2D eigenvalue weighted by Crippen LogP contribution is 2.25. The third-order valence-electron chi connectivity index (χ3n) is 2.95. The van der Waals surface area contributed by atoms with E-state index >= 15 is 0 Å². The third-order valence-corrected chi connectivity index (χ3v) is 2.95. The van der Waals surface area contributed by atoms with Gasteiger partial charge in [0, 0.05) is 0 Å². The van der Waals surface area contributed by atoms with Gasteiger partial charge in [0.25, 0.3) is 0 Å². The van der Waals surface area contributed by atoms with Crippen molar-refractivity contribution in [3.8, 4) is 5.75 Å². The van der Waals surface area contributed by atoms with Gasteiger partial charge in [0.05, 0.1) is 19.4 Å². The molecule has 0 amide bonds. The van der Waals surface area contributed by atoms with Crippen molar-refractivity contribution < 1.29 is 22.6 Å². The minimum Gasteiger partial charge on any atom is -0.479 e. The monoisotopic (exact) mass is 354 g/mol. The van der Waals surface area contributed by atoms with Crippen molar-refractivity contribution in [2.45, 2.75) is 27.1 Å². The second kappa shape index (κ2) is 9.05. The van der Waals surface area contributed by atoms with Crippen LogP contribution in [0.1, 0.15) is 26.3 Å². The van der Waals surface area contributed by atoms with Crippen LogP contribution in [-0.2, 0) is 4.74 Å². The van der Waals surface area contributed by atoms with Gasteiger partial charge in [0.1, 0.15) is 11.5 Å². The zero-order valence-corrected chi connectivity index (χ0v) is 14.6. The predicted molar refractivity (Wildman–Crippen MR) is 94.0 cm³/mol. The van der Waals surface area contributed by atoms with Gasteiger partial charge in [0.15, 0.2) is 0 Å². The lowest BCUT2D eigenvalue weighted by molar-refractivity contribution is -0.274. The van der Waals surface area contributed by atoms with Crippen molar-refractivity contribution in [1.29, 1.82) is 0 Å². The molecule has 25 heavy (non-hydrogen) atoms. The van der Waals surface area contributed by atoms with Crippen molar-refractivity contribution in [3.05, 3.63) is 48.1 Å². The molecule has 0 aromatic heterocycles. The van der Waals surface area contributed by atoms with E-state index in [9.17, 15) is 13.2 Å². The van der Waals surface area contributed by atoms with Crippen molar-refractivity contribution in [1.82, 2.24) is 0 Å². The Morgan fingerprint density at radius 2 is 1.80 bits per heavy atom. The van der Waals surface area contributed by atoms with Crippen molar-refractivity contribution in [3.63, 3.8) is 0 Å². The Labute approximate surface area is 145 Å². The van der Waals surface area contributed by atoms with Gasteiger partial charge in [-0.2, -0.15) is 0 Å². The summed E-state index contributed by atoms with van der Waals surface area (Å²) in [4.78, 5) is 8.52. The molecule has 1 aromatic carbocycles. The summed E-state index contributed by atoms with van der Waals surface area (Å²) < 4.78 is 45.4. The minimum absolute atomic E-state index is 0.302. The topological polar surface area (TPSA) is 43.2 Å². The summed E-state index contributed by atoms with van der Waals surface area (Å²) in [6, 6.07) is 5.29. The quantitative estimate of drug-likeness (QED) is 0.562. The average molecular weight is 354 g/mol. The van der Waals surface area contributed by atoms with E-state index in [1.807, 2.05) is 26.8 Å². The molecule has 0 bridgehead atoms. The van der Waals surface area contributed by atoms with Crippen molar-refractivity contribution in [2.24, 2.45) is 9.98 Å². The molecule has 4 nitrogen and oxygen atoms in total. The van der Waals surface area contributed by atoms with Crippen LogP contribution >= 0.6 is 0 Å². The molecule has 7 heteroatoms. The number of methoxy groups -OCH3 is 1. The molecule has 0 radical (unpaired) electrons. The van der Waals surface area contributed by atoms with Gasteiger partial charge >= 0.3 is 6.36 Å². The maximum absolute atomic E-state index is 12.1. The first-order valence-electron chi connectivity index (χ1n) is 7.68. The summed E-state index contributed by atoms with van der Waals surface area (Å²) in [6.45, 7) is 10.3. The highest BCUT2D eigenvalue weighted by Gasteiger charge is 2.30. The minimum atomic E-state index is -4.72. The lowest BCUT2D eigenvalue weighted by atomic mass is 10.1. The number of halogens is 3. The van der Waals surface area contributed by atoms with Crippen LogP contribution in [0.3, 0.4) is 0 Å². The standard InChI is InChI=1S/C16H15F3N2O2.C2H6/c1-10-8-14(20-9-10)15(22-3)21-11(2)12-4-6-13(7-5-12)23-16(17,18)19;1-2/h4-8H,2,9H2,1,3H3;1-2H3. The van der Waals surface area contributed by atoms with Crippen molar-refractivity contribution >= 4 is 17.3 Å². The van der Waals surface area contributed by atoms with Crippen LogP contribution in [0.4, 0.5) is 13.2 Å². The Morgan fingerprint density at radius 3 is 2.24 bits per heavy atom. The first-order valence-corrected chi connectivity index (χ1v) is 7.68. The molecule has 1 aliphatic heterocycles. The Balaban J connectivity index is 0.00000151. The third kappa shape index (κ3) is 6.45. The predicted octanol–water partition coefficient (Wildman–Crippen LogP) is 5.03. The lowest BCUT2D eigenvalue weighted by Crippen LogP contribution is -2.17. The lowest BCUT2D eigenvalue weighted by Gasteiger charge is -2.09. The Kier molecular flexibility index (Phi) is 7.42. The van der Waals surface area contributed by atoms with E-state index in [0.717, 1.165) is 5.57 Å². The van der Waals surface area contributed by atoms with E-state index in [0.29, 0.717) is 29.4 Å². The highest BCUT2D eigenvalue weighted by molar-refractivity contribution is 6.44. The van der Waals surface area contributed by atoms with E-state index in [2.05, 4.69) is 21.3 Å². The number of alkyl halides is 3. The summed E-state index contributed by atoms with van der Waals surface area (Å²) in [6.07, 6.45) is -2.86. The van der Waals surface area contributed by atoms with E-state index in [4.69, 9.17) is 4.74 Å². The number of hydrogen-bond acceptors (Lipinski definition) is 4. The number of aliphatic imine (C=N–C) groups is 2. The highest BCUT2D eigenvalue weighted by atomic mass is 19.4. The van der Waals surface area contributed by atoms with Crippen LogP contribution in [0, 0.1) is 0 Å². The second-order valence-corrected chi connectivity index (χ2v) is 4.83. The Hall–Kier alpha value is -2.57. The number of ether oxygens (including phenoxy) is 2. The van der Waals surface area contributed by atoms with Crippen LogP contribution in [-0.4, -0.2) is 31.6 Å². The van der Waals surface area contributed by atoms with E-state index in [1.165, 1.54) is 31.4 Å². The van der Waals surface area contributed by atoms with Gasteiger partial charge in [-0.15, -0.1) is 13.2 Å². The first kappa shape index (κ1) is 20.5. The summed E-state index contributed by atoms with van der Waals surface area (Å²) in [5.41, 5.74) is 2.60. The molecule has 0 unspecified atom stereocenters. The van der Waals surface area contributed by atoms with E-state index in [1.54, 1.807) is 0 Å². The Bertz CT molecular complexity index is 687. The number of hydrogen-bond donors (Lipinski definition) is 0. The maximum Gasteiger partial charge on any atom is 0.573 e. The summed E-state index contributed by atoms with van der Waals surface area (Å²) in [7, 11) is 1.47. The zero-order valence-electron chi connectivity index (χ0n) is 14.6. The molecule has 0 N–H and O–H groups in total. The number of nitrogens with zero attached hydrogens (tertiary/aromatic N) is 2. The molecule has 0 fully saturated rings. The first-order chi connectivity index (χ1) is 11.8. The maximum atomic E-state index is 12.1. The van der Waals surface area contributed by atoms with E-state index in [-0.39, 0.29) is 5.75 Å². The molecule has 0 spiro atoms. The Morgan fingerprint density at radius 1 is 1.20 bits per heavy atom. The molecular formula is C18H21F3N2O2. The molecule has 1 aromatic rings. The van der Waals surface area contributed by atoms with Crippen LogP contribution in [0.15, 0.2) is 52.5 Å². The van der Waals surface area contributed by atoms with Gasteiger partial charge < -0.3 is 9.47 Å². The fourth-order valence-electron chi connectivity index (χ4n) is 1.91. The summed E-state index contributed by atoms with van der Waals surface area (Å²) in [5.74, 6) is 0.00573. The van der Waals surface area contributed by atoms with Crippen LogP contribution in [0.25, 0.3) is 5.70 Å². The van der Waals surface area contributed by atoms with Crippen LogP contribution in [0.2, 0.25) is 0 Å². The van der Waals surface area contributed by atoms with Gasteiger partial charge in [0.2, 0.25) is 5.90 Å². The largest absolute Gasteiger partial charge is 0.573 e. The molecule has 0 saturated heterocycles. The smallest absolute Gasteiger partial charge is 0.479 e. The van der Waals surface area contributed by atoms with Gasteiger partial charge in [-0.1, -0.05) is 20.4 Å². The van der Waals surface area contributed by atoms with E-state index < -0.39 is 6.36 Å². The average Bonchev–Trinajstić information content (AvgIpc) is 2.99. The van der Waals surface area contributed by atoms with Crippen molar-refractivity contribution in [2.75, 3.05) is 13.7 Å². The van der Waals surface area contributed by atoms with Gasteiger partial charge in [-0.25, -0.2) is 4.99 Å². The molecular weight excluding hydrogens is 333 g/mol. The SMILES string of the molecule is C=C(N=C(OC)C1=NCC(C)=C1)c1ccc(OC(F)(F)F)cc1.CC. The number of benzene rings is 1. The molecule has 0 saturated carbocycles. The van der Waals surface area contributed by atoms with Gasteiger partial charge in [-0.05, 0) is 48.4 Å². The second-order valence-electron chi connectivity index (χ2n) is 4.83. The normalized spacial score (nSPS) is 14.1. The van der Waals surface area contributed by atoms with Crippen LogP contribution in [0.5, 0.6) is 5.75 Å². The fraction of sp³-hybridized carbons (Fsp3) is 0.333. The molecule has 1 aliphatic rings. The summed E-state index contributed by atoms with van der Waals surface area (Å²) >= 11 is 0. The molecule has 0 aliphatic carbocycles. The summed E-state index contributed by atoms with van der Waals surface area (Å²) in [5, 5.41) is 0.